The van der Waals surface area contributed by atoms with Crippen molar-refractivity contribution < 1.29 is 28.6 Å². The Morgan fingerprint density at radius 1 is 1.03 bits per heavy atom. The number of likely N-dealkylation sites (tertiary alicyclic amines) is 1. The van der Waals surface area contributed by atoms with Crippen molar-refractivity contribution in [1.29, 1.82) is 0 Å². The summed E-state index contributed by atoms with van der Waals surface area (Å²) in [6.45, 7) is 2.85. The molecule has 1 N–H and O–H groups in total. The molecule has 1 amide bonds. The zero-order valence-electron chi connectivity index (χ0n) is 20.2. The molecule has 0 saturated carbocycles. The average Bonchev–Trinajstić information content (AvgIpc) is 3.13. The minimum absolute atomic E-state index is 0.0231. The normalized spacial score (nSPS) is 17.0. The van der Waals surface area contributed by atoms with Gasteiger partial charge in [0.2, 0.25) is 0 Å². The molecule has 0 spiro atoms. The van der Waals surface area contributed by atoms with Gasteiger partial charge >= 0.3 is 0 Å². The summed E-state index contributed by atoms with van der Waals surface area (Å²) >= 11 is 0. The van der Waals surface area contributed by atoms with Crippen LogP contribution in [0.5, 0.6) is 5.75 Å². The van der Waals surface area contributed by atoms with Gasteiger partial charge in [0.1, 0.15) is 23.9 Å². The van der Waals surface area contributed by atoms with E-state index in [0.717, 1.165) is 5.56 Å². The number of amides is 1. The molecule has 36 heavy (non-hydrogen) atoms. The number of methoxy groups -OCH3 is 1. The number of aryl methyl sites for hydroxylation is 1. The average molecular weight is 490 g/mol. The van der Waals surface area contributed by atoms with Crippen molar-refractivity contribution in [3.05, 3.63) is 106 Å². The first kappa shape index (κ1) is 25.1. The minimum Gasteiger partial charge on any atom is -0.507 e. The van der Waals surface area contributed by atoms with Crippen molar-refractivity contribution in [2.75, 3.05) is 20.3 Å². The van der Waals surface area contributed by atoms with E-state index in [2.05, 4.69) is 0 Å². The van der Waals surface area contributed by atoms with Crippen LogP contribution < -0.4 is 4.74 Å². The van der Waals surface area contributed by atoms with E-state index in [9.17, 15) is 19.1 Å². The van der Waals surface area contributed by atoms with E-state index in [1.54, 1.807) is 32.2 Å². The van der Waals surface area contributed by atoms with Crippen LogP contribution in [0.3, 0.4) is 0 Å². The van der Waals surface area contributed by atoms with Gasteiger partial charge < -0.3 is 19.5 Å². The van der Waals surface area contributed by atoms with Crippen LogP contribution in [-0.4, -0.2) is 42.0 Å². The number of Topliss-reactive ketones (excluding diaryl/α,β-unsaturated/α-hetero) is 1. The fourth-order valence-corrected chi connectivity index (χ4v) is 4.36. The van der Waals surface area contributed by atoms with E-state index in [-0.39, 0.29) is 17.9 Å². The number of ketones is 1. The van der Waals surface area contributed by atoms with E-state index >= 15 is 0 Å². The second-order valence-electron chi connectivity index (χ2n) is 8.64. The van der Waals surface area contributed by atoms with Crippen LogP contribution in [-0.2, 0) is 20.9 Å². The summed E-state index contributed by atoms with van der Waals surface area (Å²) in [5.74, 6) is -1.57. The molecule has 0 aromatic heterocycles. The number of aliphatic hydroxyl groups is 1. The summed E-state index contributed by atoms with van der Waals surface area (Å²) in [5.41, 5.74) is 2.64. The standard InChI is InChI=1S/C29H28FNO5/c1-19-17-23(36-18-20-7-4-3-5-8-20)13-14-24(19)27(32)25-26(21-9-11-22(30)12-10-21)31(15-6-16-35-2)29(34)28(25)33/h3-5,7-14,17,26,32H,6,15-16,18H2,1-2H3/b27-25+/t26-/m0/s1. The zero-order valence-corrected chi connectivity index (χ0v) is 20.2. The van der Waals surface area contributed by atoms with Crippen molar-refractivity contribution in [3.63, 3.8) is 0 Å². The van der Waals surface area contributed by atoms with Crippen molar-refractivity contribution in [1.82, 2.24) is 4.90 Å². The summed E-state index contributed by atoms with van der Waals surface area (Å²) in [4.78, 5) is 27.5. The van der Waals surface area contributed by atoms with Gasteiger partial charge in [-0.2, -0.15) is 0 Å². The number of halogens is 1. The van der Waals surface area contributed by atoms with Crippen LogP contribution >= 0.6 is 0 Å². The third-order valence-corrected chi connectivity index (χ3v) is 6.17. The molecule has 3 aromatic rings. The molecule has 7 heteroatoms. The first-order valence-electron chi connectivity index (χ1n) is 11.7. The quantitative estimate of drug-likeness (QED) is 0.194. The second kappa shape index (κ2) is 11.2. The number of rotatable bonds is 9. The fourth-order valence-electron chi connectivity index (χ4n) is 4.36. The van der Waals surface area contributed by atoms with E-state index in [1.165, 1.54) is 29.2 Å². The Bertz CT molecular complexity index is 1270. The molecule has 0 aliphatic carbocycles. The van der Waals surface area contributed by atoms with Crippen LogP contribution in [0.25, 0.3) is 5.76 Å². The van der Waals surface area contributed by atoms with E-state index in [1.807, 2.05) is 30.3 Å². The maximum Gasteiger partial charge on any atom is 0.295 e. The third-order valence-electron chi connectivity index (χ3n) is 6.17. The largest absolute Gasteiger partial charge is 0.507 e. The predicted molar refractivity (Wildman–Crippen MR) is 134 cm³/mol. The maximum absolute atomic E-state index is 13.6. The molecule has 4 rings (SSSR count). The highest BCUT2D eigenvalue weighted by Gasteiger charge is 2.45. The Morgan fingerprint density at radius 2 is 1.75 bits per heavy atom. The highest BCUT2D eigenvalue weighted by molar-refractivity contribution is 6.46. The number of aliphatic hydroxyl groups excluding tert-OH is 1. The maximum atomic E-state index is 13.6. The Morgan fingerprint density at radius 3 is 2.42 bits per heavy atom. The molecule has 1 saturated heterocycles. The lowest BCUT2D eigenvalue weighted by Crippen LogP contribution is -2.31. The molecule has 6 nitrogen and oxygen atoms in total. The van der Waals surface area contributed by atoms with Crippen LogP contribution in [0.15, 0.2) is 78.4 Å². The van der Waals surface area contributed by atoms with Crippen LogP contribution in [0.2, 0.25) is 0 Å². The Kier molecular flexibility index (Phi) is 7.80. The summed E-state index contributed by atoms with van der Waals surface area (Å²) in [7, 11) is 1.56. The molecule has 1 heterocycles. The Hall–Kier alpha value is -3.97. The Labute approximate surface area is 209 Å². The Balaban J connectivity index is 1.68. The monoisotopic (exact) mass is 489 g/mol. The van der Waals surface area contributed by atoms with Crippen LogP contribution in [0, 0.1) is 12.7 Å². The lowest BCUT2D eigenvalue weighted by molar-refractivity contribution is -0.140. The number of carbonyl (C=O) groups is 2. The van der Waals surface area contributed by atoms with Gasteiger partial charge in [-0.15, -0.1) is 0 Å². The van der Waals surface area contributed by atoms with Gasteiger partial charge in [-0.05, 0) is 60.4 Å². The van der Waals surface area contributed by atoms with Crippen molar-refractivity contribution in [2.45, 2.75) is 26.0 Å². The smallest absolute Gasteiger partial charge is 0.295 e. The molecular weight excluding hydrogens is 461 g/mol. The first-order valence-corrected chi connectivity index (χ1v) is 11.7. The van der Waals surface area contributed by atoms with E-state index in [4.69, 9.17) is 9.47 Å². The highest BCUT2D eigenvalue weighted by atomic mass is 19.1. The molecule has 1 aliphatic heterocycles. The molecule has 1 aliphatic rings. The first-order chi connectivity index (χ1) is 17.4. The predicted octanol–water partition coefficient (Wildman–Crippen LogP) is 5.17. The second-order valence-corrected chi connectivity index (χ2v) is 8.64. The molecule has 1 fully saturated rings. The van der Waals surface area contributed by atoms with Crippen LogP contribution in [0.1, 0.15) is 34.7 Å². The SMILES string of the molecule is COCCCN1C(=O)C(=O)/C(=C(/O)c2ccc(OCc3ccccc3)cc2C)[C@@H]1c1ccc(F)cc1. The van der Waals surface area contributed by atoms with Gasteiger partial charge in [0.05, 0.1) is 11.6 Å². The molecule has 0 radical (unpaired) electrons. The number of nitrogens with zero attached hydrogens (tertiary/aromatic N) is 1. The summed E-state index contributed by atoms with van der Waals surface area (Å²) in [5, 5.41) is 11.3. The number of ether oxygens (including phenoxy) is 2. The number of hydrogen-bond donors (Lipinski definition) is 1. The van der Waals surface area contributed by atoms with E-state index in [0.29, 0.717) is 42.1 Å². The fraction of sp³-hybridized carbons (Fsp3) is 0.241. The van der Waals surface area contributed by atoms with Crippen molar-refractivity contribution in [2.24, 2.45) is 0 Å². The van der Waals surface area contributed by atoms with Crippen molar-refractivity contribution >= 4 is 17.4 Å². The highest BCUT2D eigenvalue weighted by Crippen LogP contribution is 2.40. The molecular formula is C29H28FNO5. The van der Waals surface area contributed by atoms with Crippen LogP contribution in [0.4, 0.5) is 4.39 Å². The van der Waals surface area contributed by atoms with Gasteiger partial charge in [-0.3, -0.25) is 9.59 Å². The zero-order chi connectivity index (χ0) is 25.7. The number of hydrogen-bond acceptors (Lipinski definition) is 5. The lowest BCUT2D eigenvalue weighted by atomic mass is 9.94. The van der Waals surface area contributed by atoms with Gasteiger partial charge in [0.25, 0.3) is 11.7 Å². The molecule has 186 valence electrons. The van der Waals surface area contributed by atoms with E-state index < -0.39 is 23.5 Å². The number of benzene rings is 3. The van der Waals surface area contributed by atoms with Gasteiger partial charge in [0.15, 0.2) is 0 Å². The van der Waals surface area contributed by atoms with Gasteiger partial charge in [-0.25, -0.2) is 4.39 Å². The third kappa shape index (κ3) is 5.31. The topological polar surface area (TPSA) is 76.1 Å². The number of carbonyl (C=O) groups excluding carboxylic acids is 2. The lowest BCUT2D eigenvalue weighted by Gasteiger charge is -2.25. The molecule has 3 aromatic carbocycles. The molecule has 1 atom stereocenters. The summed E-state index contributed by atoms with van der Waals surface area (Å²) in [6, 6.07) is 19.7. The molecule has 0 bridgehead atoms. The summed E-state index contributed by atoms with van der Waals surface area (Å²) in [6.07, 6.45) is 0.508. The van der Waals surface area contributed by atoms with Gasteiger partial charge in [-0.1, -0.05) is 42.5 Å². The summed E-state index contributed by atoms with van der Waals surface area (Å²) < 4.78 is 24.6. The minimum atomic E-state index is -0.837. The van der Waals surface area contributed by atoms with Gasteiger partial charge in [0, 0.05) is 25.8 Å². The molecule has 0 unspecified atom stereocenters. The van der Waals surface area contributed by atoms with Crippen molar-refractivity contribution in [3.8, 4) is 5.75 Å².